The predicted octanol–water partition coefficient (Wildman–Crippen LogP) is 4.09. The number of nitrogens with one attached hydrogen (secondary N) is 1. The third-order valence-electron chi connectivity index (χ3n) is 3.98. The quantitative estimate of drug-likeness (QED) is 0.864. The summed E-state index contributed by atoms with van der Waals surface area (Å²) in [6.45, 7) is 2.61. The summed E-state index contributed by atoms with van der Waals surface area (Å²) in [7, 11) is 0. The summed E-state index contributed by atoms with van der Waals surface area (Å²) < 4.78 is 0. The molecule has 1 aliphatic rings. The maximum Gasteiger partial charge on any atom is 0.223 e. The van der Waals surface area contributed by atoms with E-state index in [9.17, 15) is 4.79 Å². The van der Waals surface area contributed by atoms with Gasteiger partial charge in [0.05, 0.1) is 10.7 Å². The highest BCUT2D eigenvalue weighted by Gasteiger charge is 2.17. The Morgan fingerprint density at radius 1 is 1.32 bits per heavy atom. The first kappa shape index (κ1) is 15.0. The van der Waals surface area contributed by atoms with Gasteiger partial charge in [0.15, 0.2) is 0 Å². The monoisotopic (exact) mass is 312 g/mol. The molecular weight excluding hydrogens is 292 g/mol. The highest BCUT2D eigenvalue weighted by molar-refractivity contribution is 7.09. The minimum atomic E-state index is 0.141. The van der Waals surface area contributed by atoms with E-state index in [0.29, 0.717) is 6.54 Å². The molecule has 3 rings (SSSR count). The molecule has 1 aromatic carbocycles. The summed E-state index contributed by atoms with van der Waals surface area (Å²) in [5.74, 6) is 0.311. The summed E-state index contributed by atoms with van der Waals surface area (Å²) in [5.41, 5.74) is 3.26. The van der Waals surface area contributed by atoms with Crippen molar-refractivity contribution >= 4 is 17.2 Å². The lowest BCUT2D eigenvalue weighted by molar-refractivity contribution is -0.125. The highest BCUT2D eigenvalue weighted by Crippen LogP contribution is 2.22. The summed E-state index contributed by atoms with van der Waals surface area (Å²) in [4.78, 5) is 16.6. The van der Waals surface area contributed by atoms with Crippen LogP contribution in [-0.4, -0.2) is 10.9 Å². The largest absolute Gasteiger partial charge is 0.352 e. The van der Waals surface area contributed by atoms with E-state index >= 15 is 0 Å². The van der Waals surface area contributed by atoms with E-state index in [1.165, 1.54) is 0 Å². The van der Waals surface area contributed by atoms with Gasteiger partial charge in [0.25, 0.3) is 0 Å². The van der Waals surface area contributed by atoms with E-state index in [4.69, 9.17) is 0 Å². The van der Waals surface area contributed by atoms with Crippen molar-refractivity contribution in [3.05, 3.63) is 52.4 Å². The van der Waals surface area contributed by atoms with Crippen molar-refractivity contribution in [2.24, 2.45) is 5.92 Å². The molecule has 114 valence electrons. The Morgan fingerprint density at radius 3 is 2.77 bits per heavy atom. The van der Waals surface area contributed by atoms with Crippen LogP contribution in [0.15, 0.2) is 41.8 Å². The van der Waals surface area contributed by atoms with Gasteiger partial charge in [-0.1, -0.05) is 36.4 Å². The number of aryl methyl sites for hydroxylation is 1. The number of rotatable bonds is 4. The average molecular weight is 312 g/mol. The van der Waals surface area contributed by atoms with Crippen LogP contribution < -0.4 is 5.32 Å². The van der Waals surface area contributed by atoms with Crippen LogP contribution in [0.5, 0.6) is 0 Å². The van der Waals surface area contributed by atoms with Crippen LogP contribution in [0.25, 0.3) is 11.3 Å². The van der Waals surface area contributed by atoms with Gasteiger partial charge < -0.3 is 5.32 Å². The number of hydrogen-bond donors (Lipinski definition) is 1. The van der Waals surface area contributed by atoms with Crippen molar-refractivity contribution < 1.29 is 4.79 Å². The molecule has 2 aromatic rings. The number of benzene rings is 1. The van der Waals surface area contributed by atoms with Crippen molar-refractivity contribution in [1.29, 1.82) is 0 Å². The van der Waals surface area contributed by atoms with Crippen LogP contribution in [0.1, 0.15) is 29.8 Å². The minimum Gasteiger partial charge on any atom is -0.352 e. The number of allylic oxidation sites excluding steroid dienone is 2. The second-order valence-electron chi connectivity index (χ2n) is 5.65. The summed E-state index contributed by atoms with van der Waals surface area (Å²) in [5, 5.41) is 6.19. The number of nitrogens with zero attached hydrogens (tertiary/aromatic N) is 1. The molecule has 1 amide bonds. The van der Waals surface area contributed by atoms with Gasteiger partial charge in [-0.05, 0) is 31.7 Å². The van der Waals surface area contributed by atoms with Gasteiger partial charge in [0.2, 0.25) is 5.91 Å². The minimum absolute atomic E-state index is 0.141. The maximum absolute atomic E-state index is 12.1. The SMILES string of the molecule is Cc1nc(-c2ccc(CNC(=O)[C@@H]3CC=CCC3)cc2)cs1. The maximum atomic E-state index is 12.1. The molecule has 0 spiro atoms. The van der Waals surface area contributed by atoms with Gasteiger partial charge in [-0.2, -0.15) is 0 Å². The second-order valence-corrected chi connectivity index (χ2v) is 6.71. The smallest absolute Gasteiger partial charge is 0.223 e. The van der Waals surface area contributed by atoms with Crippen LogP contribution in [0.4, 0.5) is 0 Å². The molecule has 0 unspecified atom stereocenters. The lowest BCUT2D eigenvalue weighted by Crippen LogP contribution is -2.30. The van der Waals surface area contributed by atoms with Crippen molar-refractivity contribution in [2.45, 2.75) is 32.7 Å². The lowest BCUT2D eigenvalue weighted by atomic mass is 9.93. The molecular formula is C18H20N2OS. The Kier molecular flexibility index (Phi) is 4.68. The number of thiazole rings is 1. The van der Waals surface area contributed by atoms with Crippen LogP contribution in [0, 0.1) is 12.8 Å². The van der Waals surface area contributed by atoms with Crippen molar-refractivity contribution in [3.8, 4) is 11.3 Å². The molecule has 1 aliphatic carbocycles. The highest BCUT2D eigenvalue weighted by atomic mass is 32.1. The van der Waals surface area contributed by atoms with E-state index in [0.717, 1.165) is 41.1 Å². The zero-order valence-electron chi connectivity index (χ0n) is 12.7. The summed E-state index contributed by atoms with van der Waals surface area (Å²) in [6, 6.07) is 8.26. The number of amides is 1. The Morgan fingerprint density at radius 2 is 2.14 bits per heavy atom. The first-order valence-corrected chi connectivity index (χ1v) is 8.54. The number of carbonyl (C=O) groups excluding carboxylic acids is 1. The molecule has 0 aliphatic heterocycles. The summed E-state index contributed by atoms with van der Waals surface area (Å²) in [6.07, 6.45) is 7.11. The zero-order valence-corrected chi connectivity index (χ0v) is 13.5. The fourth-order valence-electron chi connectivity index (χ4n) is 2.65. The lowest BCUT2D eigenvalue weighted by Gasteiger charge is -2.17. The molecule has 0 saturated carbocycles. The van der Waals surface area contributed by atoms with Crippen LogP contribution in [-0.2, 0) is 11.3 Å². The fraction of sp³-hybridized carbons (Fsp3) is 0.333. The Bertz CT molecular complexity index is 673. The van der Waals surface area contributed by atoms with Gasteiger partial charge in [-0.3, -0.25) is 4.79 Å². The number of aromatic nitrogens is 1. The normalized spacial score (nSPS) is 17.4. The molecule has 1 aromatic heterocycles. The Hall–Kier alpha value is -1.94. The average Bonchev–Trinajstić information content (AvgIpc) is 3.00. The molecule has 1 atom stereocenters. The Labute approximate surface area is 135 Å². The van der Waals surface area contributed by atoms with Gasteiger partial charge >= 0.3 is 0 Å². The first-order chi connectivity index (χ1) is 10.7. The van der Waals surface area contributed by atoms with Crippen molar-refractivity contribution in [2.75, 3.05) is 0 Å². The summed E-state index contributed by atoms with van der Waals surface area (Å²) >= 11 is 1.66. The third kappa shape index (κ3) is 3.63. The first-order valence-electron chi connectivity index (χ1n) is 7.66. The van der Waals surface area contributed by atoms with Crippen molar-refractivity contribution in [3.63, 3.8) is 0 Å². The molecule has 0 bridgehead atoms. The van der Waals surface area contributed by atoms with E-state index in [2.05, 4.69) is 52.1 Å². The zero-order chi connectivity index (χ0) is 15.4. The predicted molar refractivity (Wildman–Crippen MR) is 90.6 cm³/mol. The van der Waals surface area contributed by atoms with E-state index in [1.54, 1.807) is 11.3 Å². The topological polar surface area (TPSA) is 42.0 Å². The number of carbonyl (C=O) groups is 1. The van der Waals surface area contributed by atoms with E-state index < -0.39 is 0 Å². The van der Waals surface area contributed by atoms with Gasteiger partial charge in [-0.15, -0.1) is 11.3 Å². The molecule has 0 saturated heterocycles. The van der Waals surface area contributed by atoms with Gasteiger partial charge in [0, 0.05) is 23.4 Å². The molecule has 4 heteroatoms. The molecule has 0 fully saturated rings. The molecule has 1 heterocycles. The molecule has 22 heavy (non-hydrogen) atoms. The Balaban J connectivity index is 1.57. The van der Waals surface area contributed by atoms with Gasteiger partial charge in [-0.25, -0.2) is 4.98 Å². The van der Waals surface area contributed by atoms with Crippen LogP contribution in [0.3, 0.4) is 0 Å². The standard InChI is InChI=1S/C18H20N2OS/c1-13-20-17(12-22-13)15-9-7-14(8-10-15)11-19-18(21)16-5-3-2-4-6-16/h2-3,7-10,12,16H,4-6,11H2,1H3,(H,19,21)/t16-/m1/s1. The molecule has 3 nitrogen and oxygen atoms in total. The fourth-order valence-corrected chi connectivity index (χ4v) is 3.28. The second kappa shape index (κ2) is 6.88. The molecule has 1 N–H and O–H groups in total. The van der Waals surface area contributed by atoms with Crippen molar-refractivity contribution in [1.82, 2.24) is 10.3 Å². The van der Waals surface area contributed by atoms with E-state index in [-0.39, 0.29) is 11.8 Å². The molecule has 0 radical (unpaired) electrons. The third-order valence-corrected chi connectivity index (χ3v) is 4.75. The number of hydrogen-bond acceptors (Lipinski definition) is 3. The van der Waals surface area contributed by atoms with E-state index in [1.807, 2.05) is 6.92 Å². The van der Waals surface area contributed by atoms with Crippen LogP contribution in [0.2, 0.25) is 0 Å². The van der Waals surface area contributed by atoms with Gasteiger partial charge in [0.1, 0.15) is 0 Å². The van der Waals surface area contributed by atoms with Crippen LogP contribution >= 0.6 is 11.3 Å².